The van der Waals surface area contributed by atoms with Crippen molar-refractivity contribution in [1.82, 2.24) is 4.90 Å². The first-order valence-corrected chi connectivity index (χ1v) is 16.2. The van der Waals surface area contributed by atoms with Crippen LogP contribution >= 0.6 is 0 Å². The summed E-state index contributed by atoms with van der Waals surface area (Å²) in [7, 11) is -0.963. The molecular weight excluding hydrogens is 566 g/mol. The van der Waals surface area contributed by atoms with Crippen molar-refractivity contribution in [3.05, 3.63) is 81.9 Å². The molecule has 7 nitrogen and oxygen atoms in total. The number of amides is 1. The molecule has 3 aromatic carbocycles. The number of carbonyl (C=O) groups is 1. The van der Waals surface area contributed by atoms with Crippen LogP contribution in [0.4, 0.5) is 25.8 Å². The van der Waals surface area contributed by atoms with Gasteiger partial charge >= 0.3 is 0 Å². The molecule has 226 valence electrons. The average molecular weight is 605 g/mol. The molecule has 0 saturated carbocycles. The third kappa shape index (κ3) is 6.23. The number of aryl methyl sites for hydroxylation is 2. The molecule has 0 aromatic heterocycles. The Morgan fingerprint density at radius 3 is 2.28 bits per heavy atom. The second-order valence-corrected chi connectivity index (χ2v) is 12.9. The van der Waals surface area contributed by atoms with Crippen molar-refractivity contribution in [2.75, 3.05) is 60.6 Å². The minimum absolute atomic E-state index is 0.00284. The Balaban J connectivity index is 1.27. The van der Waals surface area contributed by atoms with Crippen LogP contribution in [0.3, 0.4) is 0 Å². The van der Waals surface area contributed by atoms with Gasteiger partial charge in [0, 0.05) is 56.6 Å². The number of hydrogen-bond donors (Lipinski definition) is 2. The first kappa shape index (κ1) is 30.5. The van der Waals surface area contributed by atoms with Crippen molar-refractivity contribution >= 4 is 33.7 Å². The lowest BCUT2D eigenvalue weighted by molar-refractivity contribution is 0.0745. The highest BCUT2D eigenvalue weighted by Gasteiger charge is 2.29. The van der Waals surface area contributed by atoms with E-state index in [1.807, 2.05) is 24.8 Å². The fourth-order valence-electron chi connectivity index (χ4n) is 6.44. The molecular formula is C33H38F2N6OS. The van der Waals surface area contributed by atoms with Gasteiger partial charge in [-0.15, -0.1) is 0 Å². The molecule has 2 fully saturated rings. The summed E-state index contributed by atoms with van der Waals surface area (Å²) in [6, 6.07) is 13.7. The highest BCUT2D eigenvalue weighted by atomic mass is 32.2. The molecule has 1 atom stereocenters. The van der Waals surface area contributed by atoms with Crippen LogP contribution in [-0.4, -0.2) is 62.4 Å². The number of nitrogens with one attached hydrogen (secondary N) is 2. The zero-order valence-corrected chi connectivity index (χ0v) is 26.0. The van der Waals surface area contributed by atoms with Gasteiger partial charge in [0.15, 0.2) is 0 Å². The summed E-state index contributed by atoms with van der Waals surface area (Å²) in [5.41, 5.74) is 6.54. The van der Waals surface area contributed by atoms with Crippen molar-refractivity contribution < 1.29 is 13.6 Å². The summed E-state index contributed by atoms with van der Waals surface area (Å²) in [6.07, 6.45) is 3.40. The largest absolute Gasteiger partial charge is 0.382 e. The molecule has 0 radical (unpaired) electrons. The Hall–Kier alpha value is -3.97. The predicted molar refractivity (Wildman–Crippen MR) is 169 cm³/mol. The zero-order valence-electron chi connectivity index (χ0n) is 25.1. The van der Waals surface area contributed by atoms with E-state index < -0.39 is 16.5 Å². The van der Waals surface area contributed by atoms with Crippen LogP contribution in [0.25, 0.3) is 0 Å². The molecule has 2 N–H and O–H groups in total. The van der Waals surface area contributed by atoms with Crippen LogP contribution in [0.2, 0.25) is 0 Å². The standard InChI is InChI=1S/C33H38F2N6OS/c1-21-18-22(2)31(38-26-10-12-39(13-11-26)28-9-8-25(34)19-24(28)20-36)23(3)30(21)33(42)41-16-14-40(15-17-41)29-7-5-6-27(35)32(29)43(4)37/h5-9,18-19,26,37-38H,10-17H2,1-4H3. The molecule has 2 aliphatic rings. The Morgan fingerprint density at radius 2 is 1.63 bits per heavy atom. The number of halogens is 2. The van der Waals surface area contributed by atoms with E-state index in [9.17, 15) is 18.8 Å². The number of carbonyl (C=O) groups excluding carboxylic acids is 1. The topological polar surface area (TPSA) is 86.5 Å². The van der Waals surface area contributed by atoms with E-state index in [0.29, 0.717) is 36.6 Å². The fraction of sp³-hybridized carbons (Fsp3) is 0.394. The van der Waals surface area contributed by atoms with Gasteiger partial charge in [-0.1, -0.05) is 22.8 Å². The van der Waals surface area contributed by atoms with Crippen molar-refractivity contribution in [2.24, 2.45) is 0 Å². The third-order valence-corrected chi connectivity index (χ3v) is 9.63. The van der Waals surface area contributed by atoms with Gasteiger partial charge in [0.2, 0.25) is 0 Å². The number of nitrogens with zero attached hydrogens (tertiary/aromatic N) is 4. The number of nitriles is 1. The lowest BCUT2D eigenvalue weighted by Crippen LogP contribution is -2.49. The van der Waals surface area contributed by atoms with Gasteiger partial charge in [-0.25, -0.2) is 8.78 Å². The van der Waals surface area contributed by atoms with Crippen molar-refractivity contribution in [1.29, 1.82) is 10.0 Å². The molecule has 2 heterocycles. The van der Waals surface area contributed by atoms with E-state index in [1.165, 1.54) is 18.2 Å². The van der Waals surface area contributed by atoms with Crippen molar-refractivity contribution in [3.63, 3.8) is 0 Å². The Morgan fingerprint density at radius 1 is 0.953 bits per heavy atom. The smallest absolute Gasteiger partial charge is 0.254 e. The van der Waals surface area contributed by atoms with Gasteiger partial charge in [0.1, 0.15) is 17.7 Å². The van der Waals surface area contributed by atoms with Crippen LogP contribution in [-0.2, 0) is 10.7 Å². The van der Waals surface area contributed by atoms with E-state index in [-0.39, 0.29) is 17.8 Å². The number of anilines is 3. The van der Waals surface area contributed by atoms with Gasteiger partial charge in [-0.2, -0.15) is 5.26 Å². The minimum atomic E-state index is -0.963. The molecule has 1 unspecified atom stereocenters. The summed E-state index contributed by atoms with van der Waals surface area (Å²) in [5, 5.41) is 13.2. The van der Waals surface area contributed by atoms with Crippen molar-refractivity contribution in [2.45, 2.75) is 44.6 Å². The SMILES string of the molecule is Cc1cc(C)c(C(=O)N2CCN(c3cccc(F)c3S(C)=N)CC2)c(C)c1NC1CCN(c2ccc(F)cc2C#N)CC1. The summed E-state index contributed by atoms with van der Waals surface area (Å²) in [6.45, 7) is 9.73. The lowest BCUT2D eigenvalue weighted by atomic mass is 9.94. The van der Waals surface area contributed by atoms with E-state index in [2.05, 4.69) is 34.2 Å². The lowest BCUT2D eigenvalue weighted by Gasteiger charge is -2.38. The molecule has 2 saturated heterocycles. The highest BCUT2D eigenvalue weighted by Crippen LogP contribution is 2.32. The fourth-order valence-corrected chi connectivity index (χ4v) is 7.31. The molecule has 3 aromatic rings. The van der Waals surface area contributed by atoms with Crippen LogP contribution in [0.5, 0.6) is 0 Å². The van der Waals surface area contributed by atoms with E-state index in [1.54, 1.807) is 18.4 Å². The van der Waals surface area contributed by atoms with Gasteiger partial charge in [0.05, 0.1) is 21.8 Å². The highest BCUT2D eigenvalue weighted by molar-refractivity contribution is 7.85. The molecule has 0 bridgehead atoms. The minimum Gasteiger partial charge on any atom is -0.382 e. The maximum Gasteiger partial charge on any atom is 0.254 e. The zero-order chi connectivity index (χ0) is 30.8. The molecule has 10 heteroatoms. The molecule has 0 spiro atoms. The first-order chi connectivity index (χ1) is 20.6. The molecule has 1 amide bonds. The summed E-state index contributed by atoms with van der Waals surface area (Å²) in [4.78, 5) is 20.4. The maximum atomic E-state index is 14.5. The number of benzene rings is 3. The van der Waals surface area contributed by atoms with E-state index in [0.717, 1.165) is 65.2 Å². The molecule has 0 aliphatic carbocycles. The monoisotopic (exact) mass is 604 g/mol. The van der Waals surface area contributed by atoms with E-state index >= 15 is 0 Å². The van der Waals surface area contributed by atoms with Crippen LogP contribution in [0.1, 0.15) is 45.5 Å². The predicted octanol–water partition coefficient (Wildman–Crippen LogP) is 6.17. The van der Waals surface area contributed by atoms with Gasteiger partial charge in [-0.05, 0) is 86.9 Å². The summed E-state index contributed by atoms with van der Waals surface area (Å²) >= 11 is 0. The van der Waals surface area contributed by atoms with Crippen molar-refractivity contribution in [3.8, 4) is 6.07 Å². The second-order valence-electron chi connectivity index (χ2n) is 11.4. The number of piperazine rings is 1. The quantitative estimate of drug-likeness (QED) is 0.351. The molecule has 2 aliphatic heterocycles. The third-order valence-electron chi connectivity index (χ3n) is 8.61. The van der Waals surface area contributed by atoms with Crippen LogP contribution in [0.15, 0.2) is 47.4 Å². The summed E-state index contributed by atoms with van der Waals surface area (Å²) < 4.78 is 36.3. The first-order valence-electron chi connectivity index (χ1n) is 14.6. The Kier molecular flexibility index (Phi) is 9.02. The Labute approximate surface area is 255 Å². The second kappa shape index (κ2) is 12.7. The van der Waals surface area contributed by atoms with Gasteiger partial charge in [-0.3, -0.25) is 9.57 Å². The summed E-state index contributed by atoms with van der Waals surface area (Å²) in [5.74, 6) is -0.756. The van der Waals surface area contributed by atoms with E-state index in [4.69, 9.17) is 4.78 Å². The maximum absolute atomic E-state index is 14.5. The number of hydrogen-bond acceptors (Lipinski definition) is 6. The molecule has 43 heavy (non-hydrogen) atoms. The van der Waals surface area contributed by atoms with Crippen LogP contribution in [0, 0.1) is 48.5 Å². The number of rotatable bonds is 6. The molecule has 5 rings (SSSR count). The normalized spacial score (nSPS) is 16.6. The van der Waals surface area contributed by atoms with Gasteiger partial charge < -0.3 is 20.0 Å². The average Bonchev–Trinajstić information content (AvgIpc) is 2.99. The Bertz CT molecular complexity index is 1600. The number of piperidine rings is 1. The van der Waals surface area contributed by atoms with Crippen LogP contribution < -0.4 is 15.1 Å². The van der Waals surface area contributed by atoms with Gasteiger partial charge in [0.25, 0.3) is 5.91 Å².